The topological polar surface area (TPSA) is 42.4 Å². The van der Waals surface area contributed by atoms with Crippen LogP contribution in [0.3, 0.4) is 0 Å². The van der Waals surface area contributed by atoms with Crippen LogP contribution >= 0.6 is 0 Å². The number of fused-ring (bicyclic) bond motifs is 1. The third-order valence-corrected chi connectivity index (χ3v) is 3.61. The van der Waals surface area contributed by atoms with E-state index >= 15 is 0 Å². The van der Waals surface area contributed by atoms with Crippen LogP contribution in [-0.4, -0.2) is 23.2 Å². The number of carbonyl (C=O) groups is 1. The van der Waals surface area contributed by atoms with Crippen molar-refractivity contribution in [1.29, 1.82) is 0 Å². The maximum absolute atomic E-state index is 12.4. The van der Waals surface area contributed by atoms with Crippen molar-refractivity contribution >= 4 is 11.8 Å². The molecule has 1 aliphatic rings. The normalized spacial score (nSPS) is 13.9. The van der Waals surface area contributed by atoms with E-state index < -0.39 is 5.60 Å². The number of benzene rings is 1. The van der Waals surface area contributed by atoms with Gasteiger partial charge in [0.05, 0.1) is 5.69 Å². The van der Waals surface area contributed by atoms with Gasteiger partial charge in [-0.15, -0.1) is 0 Å². The summed E-state index contributed by atoms with van der Waals surface area (Å²) in [6.45, 7) is 6.30. The van der Waals surface area contributed by atoms with Gasteiger partial charge in [-0.05, 0) is 50.5 Å². The number of hydrogen-bond donors (Lipinski definition) is 0. The SMILES string of the molecule is CC(C)(C)OC(=O)N1CCc2c(-c3cccnc3)cccc21. The van der Waals surface area contributed by atoms with Crippen LogP contribution in [0.4, 0.5) is 10.5 Å². The minimum atomic E-state index is -0.485. The minimum absolute atomic E-state index is 0.283. The summed E-state index contributed by atoms with van der Waals surface area (Å²) in [5.41, 5.74) is 3.85. The van der Waals surface area contributed by atoms with Crippen molar-refractivity contribution in [3.8, 4) is 11.1 Å². The third-order valence-electron chi connectivity index (χ3n) is 3.61. The summed E-state index contributed by atoms with van der Waals surface area (Å²) >= 11 is 0. The zero-order valence-corrected chi connectivity index (χ0v) is 13.2. The van der Waals surface area contributed by atoms with E-state index in [-0.39, 0.29) is 6.09 Å². The zero-order valence-electron chi connectivity index (χ0n) is 13.2. The van der Waals surface area contributed by atoms with E-state index in [1.165, 1.54) is 5.56 Å². The maximum atomic E-state index is 12.4. The second kappa shape index (κ2) is 5.44. The zero-order chi connectivity index (χ0) is 15.7. The Morgan fingerprint density at radius 3 is 2.73 bits per heavy atom. The van der Waals surface area contributed by atoms with Crippen molar-refractivity contribution in [1.82, 2.24) is 4.98 Å². The van der Waals surface area contributed by atoms with E-state index in [1.807, 2.05) is 51.2 Å². The quantitative estimate of drug-likeness (QED) is 0.797. The molecule has 4 heteroatoms. The molecule has 114 valence electrons. The lowest BCUT2D eigenvalue weighted by Crippen LogP contribution is -2.35. The molecule has 1 aromatic heterocycles. The van der Waals surface area contributed by atoms with Crippen LogP contribution in [0.5, 0.6) is 0 Å². The fourth-order valence-electron chi connectivity index (χ4n) is 2.73. The highest BCUT2D eigenvalue weighted by Crippen LogP contribution is 2.36. The summed E-state index contributed by atoms with van der Waals surface area (Å²) in [4.78, 5) is 18.3. The van der Waals surface area contributed by atoms with E-state index in [0.717, 1.165) is 23.2 Å². The number of rotatable bonds is 1. The first kappa shape index (κ1) is 14.6. The molecule has 0 bridgehead atoms. The molecular formula is C18H20N2O2. The highest BCUT2D eigenvalue weighted by molar-refractivity contribution is 5.92. The van der Waals surface area contributed by atoms with Crippen LogP contribution in [0.15, 0.2) is 42.7 Å². The van der Waals surface area contributed by atoms with E-state index in [0.29, 0.717) is 6.54 Å². The second-order valence-electron chi connectivity index (χ2n) is 6.43. The average molecular weight is 296 g/mol. The largest absolute Gasteiger partial charge is 0.443 e. The van der Waals surface area contributed by atoms with Crippen LogP contribution in [0.1, 0.15) is 26.3 Å². The van der Waals surface area contributed by atoms with Gasteiger partial charge >= 0.3 is 6.09 Å². The van der Waals surface area contributed by atoms with Gasteiger partial charge in [0.2, 0.25) is 0 Å². The smallest absolute Gasteiger partial charge is 0.414 e. The minimum Gasteiger partial charge on any atom is -0.443 e. The van der Waals surface area contributed by atoms with Gasteiger partial charge < -0.3 is 4.74 Å². The Balaban J connectivity index is 1.95. The number of anilines is 1. The summed E-state index contributed by atoms with van der Waals surface area (Å²) in [5, 5.41) is 0. The van der Waals surface area contributed by atoms with Crippen molar-refractivity contribution in [2.75, 3.05) is 11.4 Å². The van der Waals surface area contributed by atoms with Crippen molar-refractivity contribution in [3.63, 3.8) is 0 Å². The van der Waals surface area contributed by atoms with Gasteiger partial charge in [-0.3, -0.25) is 9.88 Å². The van der Waals surface area contributed by atoms with E-state index in [1.54, 1.807) is 11.1 Å². The molecule has 1 aromatic carbocycles. The first-order chi connectivity index (χ1) is 10.5. The molecule has 2 aromatic rings. The molecule has 0 aliphatic carbocycles. The Labute approximate surface area is 130 Å². The summed E-state index contributed by atoms with van der Waals surface area (Å²) in [5.74, 6) is 0. The summed E-state index contributed by atoms with van der Waals surface area (Å²) in [6, 6.07) is 10.00. The van der Waals surface area contributed by atoms with Gasteiger partial charge in [0, 0.05) is 24.5 Å². The number of pyridine rings is 1. The maximum Gasteiger partial charge on any atom is 0.414 e. The average Bonchev–Trinajstić information content (AvgIpc) is 2.90. The molecule has 0 fully saturated rings. The van der Waals surface area contributed by atoms with Gasteiger partial charge in [0.1, 0.15) is 5.60 Å². The molecule has 0 atom stereocenters. The Bertz CT molecular complexity index is 690. The molecule has 1 aliphatic heterocycles. The molecular weight excluding hydrogens is 276 g/mol. The standard InChI is InChI=1S/C18H20N2O2/c1-18(2,3)22-17(21)20-11-9-15-14(7-4-8-16(15)20)13-6-5-10-19-12-13/h4-8,10,12H,9,11H2,1-3H3. The van der Waals surface area contributed by atoms with Crippen LogP contribution in [0.2, 0.25) is 0 Å². The lowest BCUT2D eigenvalue weighted by Gasteiger charge is -2.24. The van der Waals surface area contributed by atoms with Crippen LogP contribution in [-0.2, 0) is 11.2 Å². The molecule has 4 nitrogen and oxygen atoms in total. The number of ether oxygens (including phenoxy) is 1. The lowest BCUT2D eigenvalue weighted by atomic mass is 9.99. The predicted octanol–water partition coefficient (Wildman–Crippen LogP) is 4.05. The van der Waals surface area contributed by atoms with E-state index in [4.69, 9.17) is 4.74 Å². The molecule has 0 N–H and O–H groups in total. The highest BCUT2D eigenvalue weighted by Gasteiger charge is 2.30. The molecule has 0 spiro atoms. The van der Waals surface area contributed by atoms with Crippen molar-refractivity contribution in [2.24, 2.45) is 0 Å². The molecule has 0 saturated heterocycles. The second-order valence-corrected chi connectivity index (χ2v) is 6.43. The monoisotopic (exact) mass is 296 g/mol. The lowest BCUT2D eigenvalue weighted by molar-refractivity contribution is 0.0584. The van der Waals surface area contributed by atoms with Crippen LogP contribution in [0.25, 0.3) is 11.1 Å². The Morgan fingerprint density at radius 2 is 2.05 bits per heavy atom. The molecule has 2 heterocycles. The fourth-order valence-corrected chi connectivity index (χ4v) is 2.73. The van der Waals surface area contributed by atoms with Gasteiger partial charge in [-0.2, -0.15) is 0 Å². The first-order valence-corrected chi connectivity index (χ1v) is 7.48. The van der Waals surface area contributed by atoms with Gasteiger partial charge in [0.15, 0.2) is 0 Å². The summed E-state index contributed by atoms with van der Waals surface area (Å²) in [7, 11) is 0. The van der Waals surface area contributed by atoms with E-state index in [9.17, 15) is 4.79 Å². The molecule has 0 radical (unpaired) electrons. The number of hydrogen-bond acceptors (Lipinski definition) is 3. The van der Waals surface area contributed by atoms with Gasteiger partial charge in [-0.1, -0.05) is 18.2 Å². The summed E-state index contributed by atoms with van der Waals surface area (Å²) in [6.07, 6.45) is 4.17. The predicted molar refractivity (Wildman–Crippen MR) is 87.0 cm³/mol. The Hall–Kier alpha value is -2.36. The number of amides is 1. The van der Waals surface area contributed by atoms with Gasteiger partial charge in [-0.25, -0.2) is 4.79 Å². The molecule has 3 rings (SSSR count). The fraction of sp³-hybridized carbons (Fsp3) is 0.333. The van der Waals surface area contributed by atoms with Crippen LogP contribution in [0, 0.1) is 0 Å². The number of nitrogens with zero attached hydrogens (tertiary/aromatic N) is 2. The number of carbonyl (C=O) groups excluding carboxylic acids is 1. The first-order valence-electron chi connectivity index (χ1n) is 7.48. The Morgan fingerprint density at radius 1 is 1.23 bits per heavy atom. The molecule has 22 heavy (non-hydrogen) atoms. The summed E-state index contributed by atoms with van der Waals surface area (Å²) < 4.78 is 5.50. The highest BCUT2D eigenvalue weighted by atomic mass is 16.6. The van der Waals surface area contributed by atoms with Crippen molar-refractivity contribution < 1.29 is 9.53 Å². The third kappa shape index (κ3) is 2.82. The van der Waals surface area contributed by atoms with Gasteiger partial charge in [0.25, 0.3) is 0 Å². The molecule has 0 unspecified atom stereocenters. The van der Waals surface area contributed by atoms with Crippen molar-refractivity contribution in [3.05, 3.63) is 48.3 Å². The number of aromatic nitrogens is 1. The molecule has 1 amide bonds. The molecule has 0 saturated carbocycles. The van der Waals surface area contributed by atoms with Crippen molar-refractivity contribution in [2.45, 2.75) is 32.8 Å². The Kier molecular flexibility index (Phi) is 3.61. The van der Waals surface area contributed by atoms with Crippen LogP contribution < -0.4 is 4.90 Å². The van der Waals surface area contributed by atoms with E-state index in [2.05, 4.69) is 11.1 Å².